The van der Waals surface area contributed by atoms with E-state index in [-0.39, 0.29) is 6.04 Å². The second-order valence-corrected chi connectivity index (χ2v) is 5.98. The van der Waals surface area contributed by atoms with Crippen molar-refractivity contribution < 1.29 is 9.47 Å². The fourth-order valence-electron chi connectivity index (χ4n) is 2.07. The van der Waals surface area contributed by atoms with Crippen LogP contribution in [0.5, 0.6) is 11.5 Å². The van der Waals surface area contributed by atoms with Gasteiger partial charge in [-0.25, -0.2) is 0 Å². The molecule has 1 unspecified atom stereocenters. The van der Waals surface area contributed by atoms with Gasteiger partial charge in [0.1, 0.15) is 11.5 Å². The summed E-state index contributed by atoms with van der Waals surface area (Å²) in [6, 6.07) is 13.2. The number of benzene rings is 2. The van der Waals surface area contributed by atoms with Gasteiger partial charge in [0.05, 0.1) is 19.8 Å². The summed E-state index contributed by atoms with van der Waals surface area (Å²) < 4.78 is 10.8. The number of nitrogens with two attached hydrogens (primary N) is 1. The molecule has 0 saturated heterocycles. The molecule has 2 aromatic carbocycles. The van der Waals surface area contributed by atoms with Crippen LogP contribution in [0.25, 0.3) is 0 Å². The Labute approximate surface area is 134 Å². The van der Waals surface area contributed by atoms with Crippen molar-refractivity contribution in [2.45, 2.75) is 10.9 Å². The number of hydrogen-bond donors (Lipinski definition) is 1. The molecule has 2 aromatic rings. The number of methoxy groups -OCH3 is 2. The Morgan fingerprint density at radius 3 is 2.29 bits per heavy atom. The molecule has 0 heterocycles. The Kier molecular flexibility index (Phi) is 5.79. The maximum atomic E-state index is 6.32. The molecule has 5 heteroatoms. The molecule has 0 aromatic heterocycles. The standard InChI is InChI=1S/C16H18ClNO2S/c1-19-14-7-4-8-15(20-2)16(14)13(18)10-21-12-6-3-5-11(17)9-12/h3-9,13H,10,18H2,1-2H3. The van der Waals surface area contributed by atoms with Gasteiger partial charge in [0.15, 0.2) is 0 Å². The first-order valence-electron chi connectivity index (χ1n) is 6.50. The second-order valence-electron chi connectivity index (χ2n) is 4.45. The summed E-state index contributed by atoms with van der Waals surface area (Å²) in [6.07, 6.45) is 0. The highest BCUT2D eigenvalue weighted by molar-refractivity contribution is 7.99. The van der Waals surface area contributed by atoms with E-state index in [0.717, 1.165) is 27.0 Å². The third-order valence-electron chi connectivity index (χ3n) is 3.06. The Morgan fingerprint density at radius 2 is 1.71 bits per heavy atom. The van der Waals surface area contributed by atoms with Crippen LogP contribution >= 0.6 is 23.4 Å². The maximum absolute atomic E-state index is 6.32. The van der Waals surface area contributed by atoms with Crippen LogP contribution in [-0.2, 0) is 0 Å². The molecule has 0 amide bonds. The van der Waals surface area contributed by atoms with Gasteiger partial charge in [-0.3, -0.25) is 0 Å². The quantitative estimate of drug-likeness (QED) is 0.811. The van der Waals surface area contributed by atoms with Crippen molar-refractivity contribution in [3.8, 4) is 11.5 Å². The van der Waals surface area contributed by atoms with Crippen LogP contribution in [0.2, 0.25) is 5.02 Å². The summed E-state index contributed by atoms with van der Waals surface area (Å²) >= 11 is 7.64. The van der Waals surface area contributed by atoms with Gasteiger partial charge in [0, 0.05) is 21.7 Å². The topological polar surface area (TPSA) is 44.5 Å². The second kappa shape index (κ2) is 7.59. The highest BCUT2D eigenvalue weighted by Gasteiger charge is 2.17. The Morgan fingerprint density at radius 1 is 1.10 bits per heavy atom. The molecule has 2 rings (SSSR count). The maximum Gasteiger partial charge on any atom is 0.127 e. The lowest BCUT2D eigenvalue weighted by atomic mass is 10.1. The van der Waals surface area contributed by atoms with Crippen LogP contribution < -0.4 is 15.2 Å². The molecular formula is C16H18ClNO2S. The molecule has 0 spiro atoms. The molecule has 21 heavy (non-hydrogen) atoms. The molecule has 0 bridgehead atoms. The molecule has 1 atom stereocenters. The molecule has 112 valence electrons. The van der Waals surface area contributed by atoms with Crippen LogP contribution in [0.3, 0.4) is 0 Å². The molecule has 0 fully saturated rings. The first-order valence-corrected chi connectivity index (χ1v) is 7.87. The van der Waals surface area contributed by atoms with E-state index < -0.39 is 0 Å². The van der Waals surface area contributed by atoms with Crippen LogP contribution in [0, 0.1) is 0 Å². The normalized spacial score (nSPS) is 12.0. The minimum Gasteiger partial charge on any atom is -0.496 e. The van der Waals surface area contributed by atoms with Crippen LogP contribution in [0.15, 0.2) is 47.4 Å². The third kappa shape index (κ3) is 4.06. The highest BCUT2D eigenvalue weighted by atomic mass is 35.5. The minimum atomic E-state index is -0.194. The van der Waals surface area contributed by atoms with E-state index in [1.807, 2.05) is 42.5 Å². The van der Waals surface area contributed by atoms with Gasteiger partial charge in [0.25, 0.3) is 0 Å². The number of ether oxygens (including phenoxy) is 2. The molecule has 2 N–H and O–H groups in total. The molecule has 0 aliphatic carbocycles. The molecule has 0 saturated carbocycles. The molecular weight excluding hydrogens is 306 g/mol. The fraction of sp³-hybridized carbons (Fsp3) is 0.250. The van der Waals surface area contributed by atoms with E-state index in [0.29, 0.717) is 5.75 Å². The fourth-order valence-corrected chi connectivity index (χ4v) is 3.25. The van der Waals surface area contributed by atoms with E-state index in [2.05, 4.69) is 0 Å². The number of rotatable bonds is 6. The van der Waals surface area contributed by atoms with E-state index in [9.17, 15) is 0 Å². The van der Waals surface area contributed by atoms with E-state index in [4.69, 9.17) is 26.8 Å². The number of halogens is 1. The van der Waals surface area contributed by atoms with Crippen molar-refractivity contribution in [3.63, 3.8) is 0 Å². The average Bonchev–Trinajstić information content (AvgIpc) is 2.51. The molecule has 0 radical (unpaired) electrons. The zero-order chi connectivity index (χ0) is 15.2. The largest absolute Gasteiger partial charge is 0.496 e. The van der Waals surface area contributed by atoms with Crippen molar-refractivity contribution in [1.29, 1.82) is 0 Å². The third-order valence-corrected chi connectivity index (χ3v) is 4.41. The summed E-state index contributed by atoms with van der Waals surface area (Å²) in [6.45, 7) is 0. The molecule has 3 nitrogen and oxygen atoms in total. The van der Waals surface area contributed by atoms with Crippen molar-refractivity contribution in [2.24, 2.45) is 5.73 Å². The van der Waals surface area contributed by atoms with Crippen LogP contribution in [0.4, 0.5) is 0 Å². The van der Waals surface area contributed by atoms with Gasteiger partial charge in [-0.05, 0) is 30.3 Å². The van der Waals surface area contributed by atoms with E-state index >= 15 is 0 Å². The van der Waals surface area contributed by atoms with Gasteiger partial charge in [-0.15, -0.1) is 11.8 Å². The van der Waals surface area contributed by atoms with Crippen LogP contribution in [0.1, 0.15) is 11.6 Å². The lowest BCUT2D eigenvalue weighted by Gasteiger charge is -2.18. The summed E-state index contributed by atoms with van der Waals surface area (Å²) in [4.78, 5) is 1.09. The monoisotopic (exact) mass is 323 g/mol. The first kappa shape index (κ1) is 16.0. The van der Waals surface area contributed by atoms with Crippen molar-refractivity contribution in [1.82, 2.24) is 0 Å². The number of hydrogen-bond acceptors (Lipinski definition) is 4. The van der Waals surface area contributed by atoms with Gasteiger partial charge >= 0.3 is 0 Å². The predicted molar refractivity (Wildman–Crippen MR) is 88.7 cm³/mol. The van der Waals surface area contributed by atoms with E-state index in [1.54, 1.807) is 26.0 Å². The zero-order valence-electron chi connectivity index (χ0n) is 12.0. The van der Waals surface area contributed by atoms with Crippen molar-refractivity contribution in [2.75, 3.05) is 20.0 Å². The summed E-state index contributed by atoms with van der Waals surface area (Å²) in [5.74, 6) is 2.19. The highest BCUT2D eigenvalue weighted by Crippen LogP contribution is 2.35. The molecule has 0 aliphatic heterocycles. The smallest absolute Gasteiger partial charge is 0.127 e. The van der Waals surface area contributed by atoms with Crippen LogP contribution in [-0.4, -0.2) is 20.0 Å². The lowest BCUT2D eigenvalue weighted by molar-refractivity contribution is 0.381. The minimum absolute atomic E-state index is 0.194. The first-order chi connectivity index (χ1) is 10.2. The van der Waals surface area contributed by atoms with Crippen molar-refractivity contribution in [3.05, 3.63) is 53.1 Å². The van der Waals surface area contributed by atoms with E-state index in [1.165, 1.54) is 0 Å². The summed E-state index contributed by atoms with van der Waals surface area (Å²) in [7, 11) is 3.27. The summed E-state index contributed by atoms with van der Waals surface area (Å²) in [5.41, 5.74) is 7.21. The lowest BCUT2D eigenvalue weighted by Crippen LogP contribution is -2.15. The predicted octanol–water partition coefficient (Wildman–Crippen LogP) is 4.15. The van der Waals surface area contributed by atoms with Gasteiger partial charge < -0.3 is 15.2 Å². The summed E-state index contributed by atoms with van der Waals surface area (Å²) in [5, 5.41) is 0.725. The Balaban J connectivity index is 2.15. The number of thioether (sulfide) groups is 1. The molecule has 0 aliphatic rings. The Bertz CT molecular complexity index is 584. The van der Waals surface area contributed by atoms with Gasteiger partial charge in [-0.1, -0.05) is 23.7 Å². The van der Waals surface area contributed by atoms with Gasteiger partial charge in [-0.2, -0.15) is 0 Å². The van der Waals surface area contributed by atoms with Crippen molar-refractivity contribution >= 4 is 23.4 Å². The average molecular weight is 324 g/mol. The zero-order valence-corrected chi connectivity index (χ0v) is 13.6. The Hall–Kier alpha value is -1.36. The SMILES string of the molecule is COc1cccc(OC)c1C(N)CSc1cccc(Cl)c1. The van der Waals surface area contributed by atoms with Gasteiger partial charge in [0.2, 0.25) is 0 Å².